The van der Waals surface area contributed by atoms with Crippen molar-refractivity contribution in [2.45, 2.75) is 27.2 Å². The van der Waals surface area contributed by atoms with E-state index < -0.39 is 5.97 Å². The molecule has 3 rings (SSSR count). The van der Waals surface area contributed by atoms with Gasteiger partial charge in [-0.05, 0) is 43.0 Å². The lowest BCUT2D eigenvalue weighted by Gasteiger charge is -2.34. The fourth-order valence-electron chi connectivity index (χ4n) is 3.90. The normalized spacial score (nSPS) is 13.9. The number of piperazine rings is 1. The minimum atomic E-state index is -0.582. The molecule has 1 saturated heterocycles. The minimum absolute atomic E-state index is 0.0734. The Hall–Kier alpha value is -3.39. The van der Waals surface area contributed by atoms with Crippen molar-refractivity contribution in [1.29, 1.82) is 0 Å². The van der Waals surface area contributed by atoms with Gasteiger partial charge in [0, 0.05) is 31.9 Å². The predicted octanol–water partition coefficient (Wildman–Crippen LogP) is 2.57. The standard InChI is InChI=1S/C26H33N3O5/c1-4-21-10-5-6-11-22(21)33-18-25(32)34-17-24(31)29-14-12-28(13-15-29)16-23(30)27-26-19(2)8-7-9-20(26)3/h5-11H,4,12-18H2,1-3H3,(H,27,30). The van der Waals surface area contributed by atoms with E-state index in [1.165, 1.54) is 0 Å². The van der Waals surface area contributed by atoms with E-state index in [4.69, 9.17) is 9.47 Å². The van der Waals surface area contributed by atoms with E-state index in [0.29, 0.717) is 31.9 Å². The molecule has 2 aromatic carbocycles. The molecule has 0 spiro atoms. The van der Waals surface area contributed by atoms with Gasteiger partial charge in [-0.15, -0.1) is 0 Å². The van der Waals surface area contributed by atoms with E-state index >= 15 is 0 Å². The molecule has 8 heteroatoms. The van der Waals surface area contributed by atoms with Crippen LogP contribution in [0.5, 0.6) is 5.75 Å². The van der Waals surface area contributed by atoms with E-state index in [1.54, 1.807) is 11.0 Å². The van der Waals surface area contributed by atoms with Crippen LogP contribution in [0.15, 0.2) is 42.5 Å². The number of nitrogens with zero attached hydrogens (tertiary/aromatic N) is 2. The molecule has 1 heterocycles. The second-order valence-corrected chi connectivity index (χ2v) is 8.38. The van der Waals surface area contributed by atoms with Gasteiger partial charge in [0.25, 0.3) is 5.91 Å². The molecule has 2 amide bonds. The van der Waals surface area contributed by atoms with Crippen molar-refractivity contribution in [2.24, 2.45) is 0 Å². The molecule has 8 nitrogen and oxygen atoms in total. The summed E-state index contributed by atoms with van der Waals surface area (Å²) in [5.74, 6) is -0.259. The highest BCUT2D eigenvalue weighted by Crippen LogP contribution is 2.20. The molecule has 0 aromatic heterocycles. The Balaban J connectivity index is 1.36. The van der Waals surface area contributed by atoms with Crippen LogP contribution < -0.4 is 10.1 Å². The third-order valence-corrected chi connectivity index (χ3v) is 5.89. The topological polar surface area (TPSA) is 88.2 Å². The summed E-state index contributed by atoms with van der Waals surface area (Å²) in [6.45, 7) is 7.77. The van der Waals surface area contributed by atoms with Crippen LogP contribution in [0.25, 0.3) is 0 Å². The Morgan fingerprint density at radius 2 is 1.59 bits per heavy atom. The molecule has 0 aliphatic carbocycles. The Bertz CT molecular complexity index is 995. The van der Waals surface area contributed by atoms with Crippen LogP contribution in [-0.4, -0.2) is 73.5 Å². The van der Waals surface area contributed by atoms with Crippen LogP contribution in [0.1, 0.15) is 23.6 Å². The zero-order chi connectivity index (χ0) is 24.5. The van der Waals surface area contributed by atoms with Crippen molar-refractivity contribution in [1.82, 2.24) is 9.80 Å². The van der Waals surface area contributed by atoms with Crippen molar-refractivity contribution in [3.05, 3.63) is 59.2 Å². The minimum Gasteiger partial charge on any atom is -0.482 e. The first-order valence-corrected chi connectivity index (χ1v) is 11.6. The highest BCUT2D eigenvalue weighted by atomic mass is 16.6. The van der Waals surface area contributed by atoms with Crippen molar-refractivity contribution < 1.29 is 23.9 Å². The number of hydrogen-bond donors (Lipinski definition) is 1. The van der Waals surface area contributed by atoms with Gasteiger partial charge in [-0.25, -0.2) is 4.79 Å². The number of rotatable bonds is 9. The molecule has 34 heavy (non-hydrogen) atoms. The summed E-state index contributed by atoms with van der Waals surface area (Å²) in [5, 5.41) is 2.99. The summed E-state index contributed by atoms with van der Waals surface area (Å²) in [6, 6.07) is 13.4. The smallest absolute Gasteiger partial charge is 0.344 e. The fourth-order valence-corrected chi connectivity index (χ4v) is 3.90. The Morgan fingerprint density at radius 1 is 0.912 bits per heavy atom. The summed E-state index contributed by atoms with van der Waals surface area (Å²) in [6.07, 6.45) is 0.795. The lowest BCUT2D eigenvalue weighted by atomic mass is 10.1. The summed E-state index contributed by atoms with van der Waals surface area (Å²) >= 11 is 0. The zero-order valence-corrected chi connectivity index (χ0v) is 20.1. The third kappa shape index (κ3) is 7.05. The highest BCUT2D eigenvalue weighted by molar-refractivity contribution is 5.93. The largest absolute Gasteiger partial charge is 0.482 e. The Labute approximate surface area is 200 Å². The number of esters is 1. The van der Waals surface area contributed by atoms with Crippen molar-refractivity contribution in [3.8, 4) is 5.75 Å². The SMILES string of the molecule is CCc1ccccc1OCC(=O)OCC(=O)N1CCN(CC(=O)Nc2c(C)cccc2C)CC1. The van der Waals surface area contributed by atoms with E-state index in [0.717, 1.165) is 28.8 Å². The maximum absolute atomic E-state index is 12.5. The summed E-state index contributed by atoms with van der Waals surface area (Å²) in [5.41, 5.74) is 3.91. The van der Waals surface area contributed by atoms with Crippen LogP contribution in [0.4, 0.5) is 5.69 Å². The predicted molar refractivity (Wildman–Crippen MR) is 130 cm³/mol. The number of carbonyl (C=O) groups is 3. The van der Waals surface area contributed by atoms with Gasteiger partial charge in [0.15, 0.2) is 13.2 Å². The molecule has 182 valence electrons. The molecule has 1 N–H and O–H groups in total. The summed E-state index contributed by atoms with van der Waals surface area (Å²) < 4.78 is 10.6. The number of nitrogens with one attached hydrogen (secondary N) is 1. The Kier molecular flexibility index (Phi) is 9.04. The average molecular weight is 468 g/mol. The number of anilines is 1. The molecule has 0 radical (unpaired) electrons. The number of carbonyl (C=O) groups excluding carboxylic acids is 3. The van der Waals surface area contributed by atoms with Gasteiger partial charge in [-0.2, -0.15) is 0 Å². The number of para-hydroxylation sites is 2. The second kappa shape index (κ2) is 12.2. The van der Waals surface area contributed by atoms with Gasteiger partial charge < -0.3 is 19.7 Å². The van der Waals surface area contributed by atoms with Crippen molar-refractivity contribution in [2.75, 3.05) is 51.3 Å². The first-order chi connectivity index (χ1) is 16.4. The van der Waals surface area contributed by atoms with Gasteiger partial charge in [-0.3, -0.25) is 14.5 Å². The zero-order valence-electron chi connectivity index (χ0n) is 20.1. The molecule has 1 aliphatic rings. The van der Waals surface area contributed by atoms with Crippen LogP contribution >= 0.6 is 0 Å². The third-order valence-electron chi connectivity index (χ3n) is 5.89. The fraction of sp³-hybridized carbons (Fsp3) is 0.423. The van der Waals surface area contributed by atoms with E-state index in [-0.39, 0.29) is 31.6 Å². The molecule has 0 bridgehead atoms. The second-order valence-electron chi connectivity index (χ2n) is 8.38. The molecule has 1 fully saturated rings. The lowest BCUT2D eigenvalue weighted by Crippen LogP contribution is -2.51. The van der Waals surface area contributed by atoms with Gasteiger partial charge >= 0.3 is 5.97 Å². The Morgan fingerprint density at radius 3 is 2.26 bits per heavy atom. The van der Waals surface area contributed by atoms with Crippen LogP contribution in [0.2, 0.25) is 0 Å². The van der Waals surface area contributed by atoms with Crippen LogP contribution in [0, 0.1) is 13.8 Å². The molecular formula is C26H33N3O5. The maximum atomic E-state index is 12.5. The first kappa shape index (κ1) is 25.2. The highest BCUT2D eigenvalue weighted by Gasteiger charge is 2.23. The van der Waals surface area contributed by atoms with Gasteiger partial charge in [-0.1, -0.05) is 43.3 Å². The van der Waals surface area contributed by atoms with Crippen molar-refractivity contribution in [3.63, 3.8) is 0 Å². The van der Waals surface area contributed by atoms with Crippen LogP contribution in [0.3, 0.4) is 0 Å². The van der Waals surface area contributed by atoms with E-state index in [1.807, 2.05) is 62.1 Å². The molecule has 0 atom stereocenters. The van der Waals surface area contributed by atoms with Crippen molar-refractivity contribution >= 4 is 23.5 Å². The molecule has 0 saturated carbocycles. The summed E-state index contributed by atoms with van der Waals surface area (Å²) in [4.78, 5) is 40.6. The summed E-state index contributed by atoms with van der Waals surface area (Å²) in [7, 11) is 0. The number of amides is 2. The first-order valence-electron chi connectivity index (χ1n) is 11.6. The monoisotopic (exact) mass is 467 g/mol. The van der Waals surface area contributed by atoms with Crippen LogP contribution in [-0.2, 0) is 25.5 Å². The lowest BCUT2D eigenvalue weighted by molar-refractivity contribution is -0.154. The quantitative estimate of drug-likeness (QED) is 0.571. The molecule has 1 aliphatic heterocycles. The van der Waals surface area contributed by atoms with Gasteiger partial charge in [0.05, 0.1) is 6.54 Å². The number of ether oxygens (including phenoxy) is 2. The van der Waals surface area contributed by atoms with E-state index in [2.05, 4.69) is 5.32 Å². The van der Waals surface area contributed by atoms with Gasteiger partial charge in [0.2, 0.25) is 5.91 Å². The number of hydrogen-bond acceptors (Lipinski definition) is 6. The molecule has 0 unspecified atom stereocenters. The number of aryl methyl sites for hydroxylation is 3. The molecule has 2 aromatic rings. The average Bonchev–Trinajstić information content (AvgIpc) is 2.84. The van der Waals surface area contributed by atoms with Gasteiger partial charge in [0.1, 0.15) is 5.75 Å². The van der Waals surface area contributed by atoms with E-state index in [9.17, 15) is 14.4 Å². The number of benzene rings is 2. The molecular weight excluding hydrogens is 434 g/mol. The maximum Gasteiger partial charge on any atom is 0.344 e.